The number of carbonyl (C=O) groups is 1. The van der Waals surface area contributed by atoms with Gasteiger partial charge in [0.1, 0.15) is 17.1 Å². The molecule has 0 unspecified atom stereocenters. The number of ether oxygens (including phenoxy) is 2. The van der Waals surface area contributed by atoms with E-state index in [0.29, 0.717) is 23.7 Å². The number of benzene rings is 1. The maximum absolute atomic E-state index is 13.7. The van der Waals surface area contributed by atoms with E-state index in [1.807, 2.05) is 54.3 Å². The Morgan fingerprint density at radius 3 is 2.74 bits per heavy atom. The number of pyridine rings is 2. The number of nitrogens with zero attached hydrogens (tertiary/aromatic N) is 5. The van der Waals surface area contributed by atoms with Crippen LogP contribution in [0, 0.1) is 6.92 Å². The van der Waals surface area contributed by atoms with Crippen LogP contribution < -0.4 is 9.47 Å². The number of hydrogen-bond acceptors (Lipinski definition) is 7. The van der Waals surface area contributed by atoms with Crippen molar-refractivity contribution < 1.29 is 14.3 Å². The molecule has 0 bridgehead atoms. The van der Waals surface area contributed by atoms with Crippen LogP contribution in [0.5, 0.6) is 17.4 Å². The van der Waals surface area contributed by atoms with E-state index in [1.54, 1.807) is 37.8 Å². The molecule has 0 aliphatic carbocycles. The summed E-state index contributed by atoms with van der Waals surface area (Å²) < 4.78 is 11.3. The number of aromatic nitrogens is 4. The fourth-order valence-corrected chi connectivity index (χ4v) is 4.19. The molecular weight excluding hydrogens is 442 g/mol. The summed E-state index contributed by atoms with van der Waals surface area (Å²) in [5.74, 6) is 1.98. The quantitative estimate of drug-likeness (QED) is 0.393. The maximum atomic E-state index is 13.7. The van der Waals surface area contributed by atoms with E-state index in [0.717, 1.165) is 35.5 Å². The topological polar surface area (TPSA) is 90.3 Å². The summed E-state index contributed by atoms with van der Waals surface area (Å²) in [6.07, 6.45) is 6.67. The molecule has 8 nitrogen and oxygen atoms in total. The van der Waals surface area contributed by atoms with E-state index in [1.165, 1.54) is 0 Å². The van der Waals surface area contributed by atoms with E-state index in [2.05, 4.69) is 15.0 Å². The minimum absolute atomic E-state index is 0.141. The van der Waals surface area contributed by atoms with Gasteiger partial charge < -0.3 is 14.4 Å². The van der Waals surface area contributed by atoms with Gasteiger partial charge in [-0.3, -0.25) is 9.78 Å². The summed E-state index contributed by atoms with van der Waals surface area (Å²) in [6.45, 7) is 2.53. The lowest BCUT2D eigenvalue weighted by Crippen LogP contribution is -2.31. The van der Waals surface area contributed by atoms with Gasteiger partial charge in [-0.2, -0.15) is 0 Å². The summed E-state index contributed by atoms with van der Waals surface area (Å²) >= 11 is 0. The van der Waals surface area contributed by atoms with Gasteiger partial charge in [-0.15, -0.1) is 0 Å². The van der Waals surface area contributed by atoms with E-state index >= 15 is 0 Å². The molecule has 1 saturated heterocycles. The van der Waals surface area contributed by atoms with Crippen molar-refractivity contribution >= 4 is 5.91 Å². The normalized spacial score (nSPS) is 15.1. The highest BCUT2D eigenvalue weighted by Crippen LogP contribution is 2.34. The lowest BCUT2D eigenvalue weighted by molar-refractivity contribution is 0.0729. The molecule has 35 heavy (non-hydrogen) atoms. The summed E-state index contributed by atoms with van der Waals surface area (Å²) in [5, 5.41) is 0. The largest absolute Gasteiger partial charge is 0.497 e. The minimum atomic E-state index is -0.163. The Morgan fingerprint density at radius 1 is 1.00 bits per heavy atom. The molecule has 1 amide bonds. The van der Waals surface area contributed by atoms with Crippen LogP contribution in [0.4, 0.5) is 0 Å². The molecule has 176 valence electrons. The van der Waals surface area contributed by atoms with Crippen LogP contribution in [-0.2, 0) is 0 Å². The Labute approximate surface area is 203 Å². The number of aryl methyl sites for hydroxylation is 1. The Kier molecular flexibility index (Phi) is 6.34. The SMILES string of the molecule is COc1cccc(-c2nccc([C@@H]3CCCN3C(=O)c3cccnc3Oc3ccc(C)nc3)n2)c1. The van der Waals surface area contributed by atoms with Gasteiger partial charge in [-0.25, -0.2) is 15.0 Å². The van der Waals surface area contributed by atoms with Gasteiger partial charge >= 0.3 is 0 Å². The Bertz CT molecular complexity index is 1340. The molecule has 0 spiro atoms. The molecule has 8 heteroatoms. The van der Waals surface area contributed by atoms with Crippen LogP contribution in [0.3, 0.4) is 0 Å². The molecule has 1 atom stereocenters. The first-order chi connectivity index (χ1) is 17.1. The first-order valence-electron chi connectivity index (χ1n) is 11.5. The third kappa shape index (κ3) is 4.82. The lowest BCUT2D eigenvalue weighted by Gasteiger charge is -2.25. The molecule has 5 rings (SSSR count). The van der Waals surface area contributed by atoms with Crippen molar-refractivity contribution in [2.24, 2.45) is 0 Å². The van der Waals surface area contributed by atoms with Crippen molar-refractivity contribution in [3.05, 3.63) is 90.1 Å². The summed E-state index contributed by atoms with van der Waals surface area (Å²) in [6, 6.07) is 16.5. The second-order valence-electron chi connectivity index (χ2n) is 8.29. The third-order valence-electron chi connectivity index (χ3n) is 5.96. The monoisotopic (exact) mass is 467 g/mol. The first-order valence-corrected chi connectivity index (χ1v) is 11.5. The number of likely N-dealkylation sites (tertiary alicyclic amines) is 1. The van der Waals surface area contributed by atoms with Gasteiger partial charge in [0.25, 0.3) is 5.91 Å². The summed E-state index contributed by atoms with van der Waals surface area (Å²) in [4.78, 5) is 33.3. The highest BCUT2D eigenvalue weighted by Gasteiger charge is 2.33. The summed E-state index contributed by atoms with van der Waals surface area (Å²) in [7, 11) is 1.63. The van der Waals surface area contributed by atoms with Crippen molar-refractivity contribution in [2.45, 2.75) is 25.8 Å². The van der Waals surface area contributed by atoms with Crippen molar-refractivity contribution in [2.75, 3.05) is 13.7 Å². The zero-order valence-corrected chi connectivity index (χ0v) is 19.6. The van der Waals surface area contributed by atoms with Gasteiger partial charge in [-0.1, -0.05) is 12.1 Å². The average Bonchev–Trinajstić information content (AvgIpc) is 3.40. The second-order valence-corrected chi connectivity index (χ2v) is 8.29. The third-order valence-corrected chi connectivity index (χ3v) is 5.96. The number of methoxy groups -OCH3 is 1. The number of hydrogen-bond donors (Lipinski definition) is 0. The van der Waals surface area contributed by atoms with Gasteiger partial charge in [-0.05, 0) is 62.2 Å². The van der Waals surface area contributed by atoms with E-state index < -0.39 is 0 Å². The van der Waals surface area contributed by atoms with Crippen molar-refractivity contribution in [3.63, 3.8) is 0 Å². The predicted molar refractivity (Wildman–Crippen MR) is 130 cm³/mol. The smallest absolute Gasteiger partial charge is 0.259 e. The molecule has 1 aromatic carbocycles. The average molecular weight is 468 g/mol. The van der Waals surface area contributed by atoms with E-state index in [4.69, 9.17) is 14.5 Å². The number of carbonyl (C=O) groups excluding carboxylic acids is 1. The van der Waals surface area contributed by atoms with Crippen molar-refractivity contribution in [1.82, 2.24) is 24.8 Å². The lowest BCUT2D eigenvalue weighted by atomic mass is 10.1. The zero-order valence-electron chi connectivity index (χ0n) is 19.6. The van der Waals surface area contributed by atoms with Crippen LogP contribution in [-0.4, -0.2) is 44.4 Å². The van der Waals surface area contributed by atoms with Crippen LogP contribution in [0.1, 0.15) is 40.6 Å². The van der Waals surface area contributed by atoms with Crippen LogP contribution in [0.15, 0.2) is 73.2 Å². The van der Waals surface area contributed by atoms with Gasteiger partial charge in [0.05, 0.1) is 25.0 Å². The molecule has 4 aromatic rings. The van der Waals surface area contributed by atoms with E-state index in [-0.39, 0.29) is 17.8 Å². The number of rotatable bonds is 6. The maximum Gasteiger partial charge on any atom is 0.259 e. The van der Waals surface area contributed by atoms with Gasteiger partial charge in [0.15, 0.2) is 5.82 Å². The minimum Gasteiger partial charge on any atom is -0.497 e. The summed E-state index contributed by atoms with van der Waals surface area (Å²) in [5.41, 5.74) is 2.95. The molecular formula is C27H25N5O3. The van der Waals surface area contributed by atoms with Crippen LogP contribution >= 0.6 is 0 Å². The number of amides is 1. The first kappa shape index (κ1) is 22.5. The molecule has 0 N–H and O–H groups in total. The van der Waals surface area contributed by atoms with Crippen molar-refractivity contribution in [1.29, 1.82) is 0 Å². The molecule has 3 aromatic heterocycles. The van der Waals surface area contributed by atoms with Gasteiger partial charge in [0, 0.05) is 30.2 Å². The van der Waals surface area contributed by atoms with Crippen molar-refractivity contribution in [3.8, 4) is 28.8 Å². The fraction of sp³-hybridized carbons (Fsp3) is 0.222. The molecule has 1 aliphatic heterocycles. The molecule has 1 fully saturated rings. The Balaban J connectivity index is 1.42. The Morgan fingerprint density at radius 2 is 1.91 bits per heavy atom. The molecule has 4 heterocycles. The standard InChI is InChI=1S/C27H25N5O3/c1-18-10-11-21(17-30-18)35-26-22(8-4-13-29-26)27(33)32-15-5-9-24(32)23-12-14-28-25(31-23)19-6-3-7-20(16-19)34-2/h3-4,6-8,10-14,16-17,24H,5,9,15H2,1-2H3/t24-/m0/s1. The van der Waals surface area contributed by atoms with Crippen LogP contribution in [0.25, 0.3) is 11.4 Å². The zero-order chi connectivity index (χ0) is 24.2. The Hall–Kier alpha value is -4.33. The highest BCUT2D eigenvalue weighted by molar-refractivity contribution is 5.96. The highest BCUT2D eigenvalue weighted by atomic mass is 16.5. The fourth-order valence-electron chi connectivity index (χ4n) is 4.19. The van der Waals surface area contributed by atoms with E-state index in [9.17, 15) is 4.79 Å². The molecule has 0 radical (unpaired) electrons. The van der Waals surface area contributed by atoms with Crippen LogP contribution in [0.2, 0.25) is 0 Å². The van der Waals surface area contributed by atoms with Gasteiger partial charge in [0.2, 0.25) is 5.88 Å². The predicted octanol–water partition coefficient (Wildman–Crippen LogP) is 5.02. The molecule has 1 aliphatic rings. The second kappa shape index (κ2) is 9.89. The molecule has 0 saturated carbocycles.